The number of hydrogen-bond acceptors (Lipinski definition) is 4. The van der Waals surface area contributed by atoms with Gasteiger partial charge in [-0.25, -0.2) is 0 Å². The molecule has 0 unspecified atom stereocenters. The zero-order valence-electron chi connectivity index (χ0n) is 12.4. The van der Waals surface area contributed by atoms with Crippen molar-refractivity contribution in [3.8, 4) is 11.8 Å². The van der Waals surface area contributed by atoms with Crippen LogP contribution in [0.15, 0.2) is 18.2 Å². The van der Waals surface area contributed by atoms with Crippen LogP contribution in [0.5, 0.6) is 5.75 Å². The maximum Gasteiger partial charge on any atom is 0.309 e. The number of carbonyl (C=O) groups is 1. The van der Waals surface area contributed by atoms with Crippen molar-refractivity contribution in [3.05, 3.63) is 29.3 Å². The molecule has 0 radical (unpaired) electrons. The molecule has 0 spiro atoms. The molecule has 21 heavy (non-hydrogen) atoms. The van der Waals surface area contributed by atoms with Crippen molar-refractivity contribution in [3.63, 3.8) is 0 Å². The van der Waals surface area contributed by atoms with Crippen LogP contribution < -0.4 is 4.74 Å². The molecule has 1 saturated heterocycles. The predicted octanol–water partition coefficient (Wildman–Crippen LogP) is 2.25. The molecule has 1 aliphatic heterocycles. The monoisotopic (exact) mass is 288 g/mol. The first kappa shape index (κ1) is 15.3. The first-order valence-electron chi connectivity index (χ1n) is 7.01. The fourth-order valence-corrected chi connectivity index (χ4v) is 2.62. The molecule has 0 aliphatic carbocycles. The number of methoxy groups -OCH3 is 1. The van der Waals surface area contributed by atoms with Gasteiger partial charge in [0.15, 0.2) is 0 Å². The molecule has 1 aromatic rings. The first-order chi connectivity index (χ1) is 9.98. The highest BCUT2D eigenvalue weighted by molar-refractivity contribution is 5.74. The fourth-order valence-electron chi connectivity index (χ4n) is 2.62. The van der Waals surface area contributed by atoms with E-state index in [1.54, 1.807) is 13.2 Å². The summed E-state index contributed by atoms with van der Waals surface area (Å²) in [6.07, 6.45) is 1.31. The van der Waals surface area contributed by atoms with E-state index in [0.29, 0.717) is 24.2 Å². The molecule has 5 heteroatoms. The van der Waals surface area contributed by atoms with E-state index < -0.39 is 11.4 Å². The smallest absolute Gasteiger partial charge is 0.309 e. The van der Waals surface area contributed by atoms with Gasteiger partial charge in [-0.05, 0) is 50.6 Å². The molecule has 0 bridgehead atoms. The van der Waals surface area contributed by atoms with Gasteiger partial charge in [0.25, 0.3) is 0 Å². The number of rotatable bonds is 4. The van der Waals surface area contributed by atoms with Gasteiger partial charge in [-0.1, -0.05) is 6.07 Å². The second-order valence-electron chi connectivity index (χ2n) is 5.79. The van der Waals surface area contributed by atoms with E-state index in [4.69, 9.17) is 10.00 Å². The SMILES string of the molecule is COc1ccc(CN2CCC(C)(C(=O)O)CC2)cc1C#N. The third-order valence-electron chi connectivity index (χ3n) is 4.27. The predicted molar refractivity (Wildman–Crippen MR) is 78.0 cm³/mol. The van der Waals surface area contributed by atoms with Crippen molar-refractivity contribution in [2.45, 2.75) is 26.3 Å². The van der Waals surface area contributed by atoms with E-state index >= 15 is 0 Å². The number of likely N-dealkylation sites (tertiary alicyclic amines) is 1. The molecule has 1 aromatic carbocycles. The Morgan fingerprint density at radius 3 is 2.67 bits per heavy atom. The number of carboxylic acids is 1. The summed E-state index contributed by atoms with van der Waals surface area (Å²) < 4.78 is 5.13. The van der Waals surface area contributed by atoms with Gasteiger partial charge in [0, 0.05) is 6.54 Å². The highest BCUT2D eigenvalue weighted by atomic mass is 16.5. The third kappa shape index (κ3) is 3.34. The minimum absolute atomic E-state index is 0.530. The van der Waals surface area contributed by atoms with Crippen LogP contribution in [0.25, 0.3) is 0 Å². The van der Waals surface area contributed by atoms with E-state index in [1.165, 1.54) is 0 Å². The minimum atomic E-state index is -0.710. The summed E-state index contributed by atoms with van der Waals surface area (Å²) >= 11 is 0. The molecule has 0 amide bonds. The Morgan fingerprint density at radius 2 is 2.14 bits per heavy atom. The lowest BCUT2D eigenvalue weighted by molar-refractivity contribution is -0.150. The third-order valence-corrected chi connectivity index (χ3v) is 4.27. The van der Waals surface area contributed by atoms with Crippen LogP contribution in [0.4, 0.5) is 0 Å². The maximum absolute atomic E-state index is 11.2. The van der Waals surface area contributed by atoms with Crippen molar-refractivity contribution in [1.82, 2.24) is 4.90 Å². The summed E-state index contributed by atoms with van der Waals surface area (Å²) in [6, 6.07) is 7.72. The van der Waals surface area contributed by atoms with Crippen LogP contribution in [-0.2, 0) is 11.3 Å². The van der Waals surface area contributed by atoms with Gasteiger partial charge in [-0.3, -0.25) is 9.69 Å². The van der Waals surface area contributed by atoms with Gasteiger partial charge in [-0.15, -0.1) is 0 Å². The zero-order chi connectivity index (χ0) is 15.5. The average Bonchev–Trinajstić information content (AvgIpc) is 2.49. The number of carboxylic acid groups (broad SMARTS) is 1. The van der Waals surface area contributed by atoms with E-state index in [1.807, 2.05) is 19.1 Å². The van der Waals surface area contributed by atoms with Gasteiger partial charge in [0.2, 0.25) is 0 Å². The number of aliphatic carboxylic acids is 1. The Hall–Kier alpha value is -2.06. The molecule has 0 aromatic heterocycles. The number of ether oxygens (including phenoxy) is 1. The number of piperidine rings is 1. The normalized spacial score (nSPS) is 18.0. The van der Waals surface area contributed by atoms with Crippen LogP contribution in [0.1, 0.15) is 30.9 Å². The van der Waals surface area contributed by atoms with Crippen LogP contribution in [0.2, 0.25) is 0 Å². The minimum Gasteiger partial charge on any atom is -0.495 e. The van der Waals surface area contributed by atoms with E-state index in [0.717, 1.165) is 25.2 Å². The first-order valence-corrected chi connectivity index (χ1v) is 7.01. The number of nitrogens with zero attached hydrogens (tertiary/aromatic N) is 2. The molecule has 1 aliphatic rings. The van der Waals surface area contributed by atoms with Crippen LogP contribution >= 0.6 is 0 Å². The Kier molecular flexibility index (Phi) is 4.49. The summed E-state index contributed by atoms with van der Waals surface area (Å²) in [5.74, 6) is -0.128. The second-order valence-corrected chi connectivity index (χ2v) is 5.79. The molecule has 5 nitrogen and oxygen atoms in total. The number of benzene rings is 1. The Balaban J connectivity index is 2.01. The highest BCUT2D eigenvalue weighted by Gasteiger charge is 2.36. The molecule has 1 fully saturated rings. The zero-order valence-corrected chi connectivity index (χ0v) is 12.4. The average molecular weight is 288 g/mol. The summed E-state index contributed by atoms with van der Waals surface area (Å²) in [7, 11) is 1.55. The molecule has 0 saturated carbocycles. The van der Waals surface area contributed by atoms with Crippen molar-refractivity contribution >= 4 is 5.97 Å². The number of nitriles is 1. The highest BCUT2D eigenvalue weighted by Crippen LogP contribution is 2.31. The summed E-state index contributed by atoms with van der Waals surface area (Å²) in [5.41, 5.74) is 0.975. The Bertz CT molecular complexity index is 569. The van der Waals surface area contributed by atoms with Gasteiger partial charge >= 0.3 is 5.97 Å². The van der Waals surface area contributed by atoms with Crippen molar-refractivity contribution < 1.29 is 14.6 Å². The molecular formula is C16H20N2O3. The van der Waals surface area contributed by atoms with Gasteiger partial charge in [-0.2, -0.15) is 5.26 Å². The van der Waals surface area contributed by atoms with E-state index in [2.05, 4.69) is 11.0 Å². The lowest BCUT2D eigenvalue weighted by atomic mass is 9.80. The van der Waals surface area contributed by atoms with E-state index in [9.17, 15) is 9.90 Å². The standard InChI is InChI=1S/C16H20N2O3/c1-16(15(19)20)5-7-18(8-6-16)11-12-3-4-14(21-2)13(9-12)10-17/h3-4,9H,5-8,11H2,1-2H3,(H,19,20). The maximum atomic E-state index is 11.2. The Labute approximate surface area is 124 Å². The van der Waals surface area contributed by atoms with Crippen LogP contribution in [-0.4, -0.2) is 36.2 Å². The van der Waals surface area contributed by atoms with Crippen molar-refractivity contribution in [2.24, 2.45) is 5.41 Å². The summed E-state index contributed by atoms with van der Waals surface area (Å²) in [6.45, 7) is 4.07. The van der Waals surface area contributed by atoms with Crippen LogP contribution in [0.3, 0.4) is 0 Å². The Morgan fingerprint density at radius 1 is 1.48 bits per heavy atom. The van der Waals surface area contributed by atoms with Gasteiger partial charge in [0.1, 0.15) is 11.8 Å². The molecule has 112 valence electrons. The molecule has 0 atom stereocenters. The van der Waals surface area contributed by atoms with Gasteiger partial charge < -0.3 is 9.84 Å². The van der Waals surface area contributed by atoms with Gasteiger partial charge in [0.05, 0.1) is 18.1 Å². The van der Waals surface area contributed by atoms with Crippen LogP contribution in [0, 0.1) is 16.7 Å². The molecule has 2 rings (SSSR count). The summed E-state index contributed by atoms with van der Waals surface area (Å²) in [5, 5.41) is 18.3. The lowest BCUT2D eigenvalue weighted by Crippen LogP contribution is -2.42. The molecular weight excluding hydrogens is 268 g/mol. The quantitative estimate of drug-likeness (QED) is 0.920. The molecule has 1 N–H and O–H groups in total. The summed E-state index contributed by atoms with van der Waals surface area (Å²) in [4.78, 5) is 13.5. The largest absolute Gasteiger partial charge is 0.495 e. The second kappa shape index (κ2) is 6.15. The fraction of sp³-hybridized carbons (Fsp3) is 0.500. The topological polar surface area (TPSA) is 73.6 Å². The number of hydrogen-bond donors (Lipinski definition) is 1. The van der Waals surface area contributed by atoms with E-state index in [-0.39, 0.29) is 0 Å². The lowest BCUT2D eigenvalue weighted by Gasteiger charge is -2.36. The van der Waals surface area contributed by atoms with Crippen molar-refractivity contribution in [2.75, 3.05) is 20.2 Å². The van der Waals surface area contributed by atoms with Crippen molar-refractivity contribution in [1.29, 1.82) is 5.26 Å². The molecule has 1 heterocycles.